The van der Waals surface area contributed by atoms with E-state index in [-0.39, 0.29) is 48.7 Å². The second kappa shape index (κ2) is 7.10. The molecule has 0 saturated carbocycles. The number of sulfone groups is 1. The van der Waals surface area contributed by atoms with E-state index in [1.54, 1.807) is 0 Å². The van der Waals surface area contributed by atoms with Crippen molar-refractivity contribution in [3.63, 3.8) is 0 Å². The summed E-state index contributed by atoms with van der Waals surface area (Å²) in [5, 5.41) is 19.1. The standard InChI is InChI=1S/C15H26N4O4S/c1-15(2,3)13-8-11(17-18-13)9-16-14(21)19(5-6-20)12-4-7-24(22,23)10-12/h8,12,20H,4-7,9-10H2,1-3H3,(H,16,21)(H,17,18). The Balaban J connectivity index is 1.97. The number of carbonyl (C=O) groups excluding carboxylic acids is 1. The minimum absolute atomic E-state index is 0.0430. The van der Waals surface area contributed by atoms with E-state index >= 15 is 0 Å². The van der Waals surface area contributed by atoms with Crippen LogP contribution >= 0.6 is 0 Å². The number of amides is 2. The average molecular weight is 358 g/mol. The lowest BCUT2D eigenvalue weighted by Crippen LogP contribution is -2.47. The molecule has 2 rings (SSSR count). The lowest BCUT2D eigenvalue weighted by atomic mass is 9.92. The molecule has 0 radical (unpaired) electrons. The molecule has 8 nitrogen and oxygen atoms in total. The molecule has 0 spiro atoms. The molecule has 1 atom stereocenters. The van der Waals surface area contributed by atoms with Crippen molar-refractivity contribution in [3.8, 4) is 0 Å². The minimum Gasteiger partial charge on any atom is -0.395 e. The SMILES string of the molecule is CC(C)(C)c1cc(CNC(=O)N(CCO)C2CCS(=O)(=O)C2)[nH]n1. The Morgan fingerprint density at radius 3 is 2.71 bits per heavy atom. The Labute approximate surface area is 142 Å². The van der Waals surface area contributed by atoms with Gasteiger partial charge >= 0.3 is 6.03 Å². The summed E-state index contributed by atoms with van der Waals surface area (Å²) in [5.74, 6) is 0.0427. The first kappa shape index (κ1) is 18.7. The van der Waals surface area contributed by atoms with Crippen LogP contribution in [-0.2, 0) is 21.8 Å². The van der Waals surface area contributed by atoms with E-state index in [2.05, 4.69) is 36.3 Å². The maximum Gasteiger partial charge on any atom is 0.318 e. The molecule has 0 aromatic carbocycles. The molecule has 2 heterocycles. The largest absolute Gasteiger partial charge is 0.395 e. The maximum absolute atomic E-state index is 12.4. The molecule has 1 aromatic rings. The van der Waals surface area contributed by atoms with Crippen LogP contribution in [0.3, 0.4) is 0 Å². The monoisotopic (exact) mass is 358 g/mol. The Bertz CT molecular complexity index is 678. The molecule has 3 N–H and O–H groups in total. The molecule has 0 aliphatic carbocycles. The summed E-state index contributed by atoms with van der Waals surface area (Å²) in [6.07, 6.45) is 0.411. The number of aliphatic hydroxyl groups is 1. The zero-order valence-electron chi connectivity index (χ0n) is 14.4. The molecular formula is C15H26N4O4S. The van der Waals surface area contributed by atoms with E-state index in [9.17, 15) is 13.2 Å². The van der Waals surface area contributed by atoms with Crippen LogP contribution in [0.4, 0.5) is 4.79 Å². The Kier molecular flexibility index (Phi) is 5.54. The molecule has 1 unspecified atom stereocenters. The Morgan fingerprint density at radius 2 is 2.21 bits per heavy atom. The highest BCUT2D eigenvalue weighted by atomic mass is 32.2. The zero-order valence-corrected chi connectivity index (χ0v) is 15.2. The average Bonchev–Trinajstić information content (AvgIpc) is 3.08. The van der Waals surface area contributed by atoms with Crippen LogP contribution in [0.1, 0.15) is 38.6 Å². The zero-order chi connectivity index (χ0) is 18.0. The highest BCUT2D eigenvalue weighted by molar-refractivity contribution is 7.91. The molecule has 1 aromatic heterocycles. The highest BCUT2D eigenvalue weighted by Crippen LogP contribution is 2.20. The quantitative estimate of drug-likeness (QED) is 0.705. The van der Waals surface area contributed by atoms with Crippen molar-refractivity contribution in [1.82, 2.24) is 20.4 Å². The predicted octanol–water partition coefficient (Wildman–Crippen LogP) is 0.398. The van der Waals surface area contributed by atoms with Gasteiger partial charge in [0.25, 0.3) is 0 Å². The second-order valence-electron chi connectivity index (χ2n) is 7.16. The van der Waals surface area contributed by atoms with Gasteiger partial charge in [0.15, 0.2) is 9.84 Å². The molecular weight excluding hydrogens is 332 g/mol. The van der Waals surface area contributed by atoms with Crippen LogP contribution in [0.2, 0.25) is 0 Å². The number of nitrogens with one attached hydrogen (secondary N) is 2. The summed E-state index contributed by atoms with van der Waals surface area (Å²) < 4.78 is 23.2. The third-order valence-electron chi connectivity index (χ3n) is 4.08. The van der Waals surface area contributed by atoms with Gasteiger partial charge in [0.2, 0.25) is 0 Å². The highest BCUT2D eigenvalue weighted by Gasteiger charge is 2.34. The topological polar surface area (TPSA) is 115 Å². The molecule has 0 bridgehead atoms. The second-order valence-corrected chi connectivity index (χ2v) is 9.39. The number of hydrogen-bond acceptors (Lipinski definition) is 5. The first-order valence-corrected chi connectivity index (χ1v) is 9.85. The van der Waals surface area contributed by atoms with Crippen molar-refractivity contribution in [1.29, 1.82) is 0 Å². The van der Waals surface area contributed by atoms with E-state index in [0.717, 1.165) is 11.4 Å². The van der Waals surface area contributed by atoms with Crippen molar-refractivity contribution in [2.45, 2.75) is 45.2 Å². The molecule has 1 aliphatic rings. The van der Waals surface area contributed by atoms with Gasteiger partial charge in [-0.15, -0.1) is 0 Å². The van der Waals surface area contributed by atoms with Crippen LogP contribution in [0.5, 0.6) is 0 Å². The van der Waals surface area contributed by atoms with Crippen LogP contribution in [-0.4, -0.2) is 65.4 Å². The third kappa shape index (κ3) is 4.70. The van der Waals surface area contributed by atoms with Crippen LogP contribution < -0.4 is 5.32 Å². The number of urea groups is 1. The van der Waals surface area contributed by atoms with E-state index in [1.165, 1.54) is 4.90 Å². The normalized spacial score (nSPS) is 20.1. The fraction of sp³-hybridized carbons (Fsp3) is 0.733. The van der Waals surface area contributed by atoms with Gasteiger partial charge in [-0.25, -0.2) is 13.2 Å². The van der Waals surface area contributed by atoms with Crippen molar-refractivity contribution in [3.05, 3.63) is 17.5 Å². The molecule has 1 fully saturated rings. The van der Waals surface area contributed by atoms with Crippen LogP contribution in [0.25, 0.3) is 0 Å². The van der Waals surface area contributed by atoms with E-state index in [4.69, 9.17) is 5.11 Å². The fourth-order valence-corrected chi connectivity index (χ4v) is 4.42. The van der Waals surface area contributed by atoms with Gasteiger partial charge < -0.3 is 15.3 Å². The third-order valence-corrected chi connectivity index (χ3v) is 5.83. The number of aromatic nitrogens is 2. The lowest BCUT2D eigenvalue weighted by molar-refractivity contribution is 0.157. The first-order chi connectivity index (χ1) is 11.1. The van der Waals surface area contributed by atoms with Crippen molar-refractivity contribution < 1.29 is 18.3 Å². The Morgan fingerprint density at radius 1 is 1.50 bits per heavy atom. The van der Waals surface area contributed by atoms with Gasteiger partial charge in [-0.05, 0) is 12.5 Å². The maximum atomic E-state index is 12.4. The van der Waals surface area contributed by atoms with Crippen molar-refractivity contribution in [2.24, 2.45) is 0 Å². The van der Waals surface area contributed by atoms with Gasteiger partial charge in [0, 0.05) is 18.0 Å². The summed E-state index contributed by atoms with van der Waals surface area (Å²) in [6.45, 7) is 6.33. The number of aliphatic hydroxyl groups excluding tert-OH is 1. The van der Waals surface area contributed by atoms with Crippen LogP contribution in [0.15, 0.2) is 6.07 Å². The summed E-state index contributed by atoms with van der Waals surface area (Å²) in [7, 11) is -3.09. The fourth-order valence-electron chi connectivity index (χ4n) is 2.69. The molecule has 9 heteroatoms. The predicted molar refractivity (Wildman–Crippen MR) is 90.4 cm³/mol. The van der Waals surface area contributed by atoms with E-state index in [1.807, 2.05) is 6.07 Å². The molecule has 24 heavy (non-hydrogen) atoms. The summed E-state index contributed by atoms with van der Waals surface area (Å²) in [5.41, 5.74) is 1.59. The smallest absolute Gasteiger partial charge is 0.318 e. The molecule has 136 valence electrons. The number of rotatable bonds is 5. The molecule has 2 amide bonds. The number of aromatic amines is 1. The molecule has 1 aliphatic heterocycles. The summed E-state index contributed by atoms with van der Waals surface area (Å²) >= 11 is 0. The van der Waals surface area contributed by atoms with E-state index < -0.39 is 9.84 Å². The van der Waals surface area contributed by atoms with Crippen molar-refractivity contribution in [2.75, 3.05) is 24.7 Å². The van der Waals surface area contributed by atoms with E-state index in [0.29, 0.717) is 6.42 Å². The molecule has 1 saturated heterocycles. The summed E-state index contributed by atoms with van der Waals surface area (Å²) in [6, 6.07) is 1.14. The van der Waals surface area contributed by atoms with Gasteiger partial charge in [0.05, 0.1) is 36.0 Å². The van der Waals surface area contributed by atoms with Crippen molar-refractivity contribution >= 4 is 15.9 Å². The number of hydrogen-bond donors (Lipinski definition) is 3. The van der Waals surface area contributed by atoms with Gasteiger partial charge in [-0.2, -0.15) is 5.10 Å². The minimum atomic E-state index is -3.09. The number of carbonyl (C=O) groups is 1. The van der Waals surface area contributed by atoms with Crippen LogP contribution in [0, 0.1) is 0 Å². The first-order valence-electron chi connectivity index (χ1n) is 8.03. The van der Waals surface area contributed by atoms with Gasteiger partial charge in [-0.3, -0.25) is 5.10 Å². The van der Waals surface area contributed by atoms with Gasteiger partial charge in [-0.1, -0.05) is 20.8 Å². The number of H-pyrrole nitrogens is 1. The Hall–Kier alpha value is -1.61. The summed E-state index contributed by atoms with van der Waals surface area (Å²) in [4.78, 5) is 13.8. The lowest BCUT2D eigenvalue weighted by Gasteiger charge is -2.27. The number of nitrogens with zero attached hydrogens (tertiary/aromatic N) is 2. The van der Waals surface area contributed by atoms with Gasteiger partial charge in [0.1, 0.15) is 0 Å².